The van der Waals surface area contributed by atoms with E-state index in [-0.39, 0.29) is 24.3 Å². The highest BCUT2D eigenvalue weighted by Gasteiger charge is 2.46. The number of sulfone groups is 1. The Bertz CT molecular complexity index is 1280. The van der Waals surface area contributed by atoms with E-state index in [0.717, 1.165) is 38.5 Å². The number of hydrogen-bond donors (Lipinski definition) is 4. The lowest BCUT2D eigenvalue weighted by atomic mass is 9.83. The maximum absolute atomic E-state index is 14.2. The van der Waals surface area contributed by atoms with Crippen LogP contribution in [0.15, 0.2) is 0 Å². The number of unbranched alkanes of at least 4 members (excludes halogenated alkanes) is 1. The molecule has 1 saturated heterocycles. The number of carbonyl (C=O) groups excluding carboxylic acids is 5. The second-order valence-corrected chi connectivity index (χ2v) is 19.0. The van der Waals surface area contributed by atoms with E-state index in [0.29, 0.717) is 32.1 Å². The standard InChI is InChI=1S/C34H59N5O7S/c1-9-10-14-24(26(40)29(42)35-23-15-16-23)36-28(41)25-19-22(2)20-39(25)30(43)27(32(3,4)5)37-31(44)38-34(17-12-11-13-18-34)21-47(45,46)33(6,7)8/h22-25,27H,9-21H2,1-8H3,(H,35,42)(H,36,41)(H2,37,38,44)/t22-,24-,25+,27-/m1/s1. The topological polar surface area (TPSA) is 171 Å². The molecule has 0 aromatic heterocycles. The third-order valence-electron chi connectivity index (χ3n) is 9.69. The number of carbonyl (C=O) groups is 5. The van der Waals surface area contributed by atoms with E-state index < -0.39 is 73.2 Å². The van der Waals surface area contributed by atoms with E-state index >= 15 is 0 Å². The summed E-state index contributed by atoms with van der Waals surface area (Å²) in [6, 6.07) is -3.51. The zero-order valence-electron chi connectivity index (χ0n) is 29.8. The Hall–Kier alpha value is -2.70. The summed E-state index contributed by atoms with van der Waals surface area (Å²) in [7, 11) is -3.55. The molecule has 13 heteroatoms. The van der Waals surface area contributed by atoms with Gasteiger partial charge in [0.1, 0.15) is 12.1 Å². The number of rotatable bonds is 13. The van der Waals surface area contributed by atoms with Gasteiger partial charge in [-0.25, -0.2) is 13.2 Å². The summed E-state index contributed by atoms with van der Waals surface area (Å²) in [5, 5.41) is 11.3. The summed E-state index contributed by atoms with van der Waals surface area (Å²) in [6.07, 6.45) is 7.34. The molecule has 4 N–H and O–H groups in total. The first-order valence-corrected chi connectivity index (χ1v) is 19.1. The quantitative estimate of drug-likeness (QED) is 0.216. The Morgan fingerprint density at radius 3 is 2.09 bits per heavy atom. The zero-order valence-corrected chi connectivity index (χ0v) is 30.6. The van der Waals surface area contributed by atoms with Crippen molar-refractivity contribution in [3.63, 3.8) is 0 Å². The van der Waals surface area contributed by atoms with Crippen molar-refractivity contribution in [2.45, 2.75) is 160 Å². The lowest BCUT2D eigenvalue weighted by Gasteiger charge is -2.41. The van der Waals surface area contributed by atoms with E-state index in [1.165, 1.54) is 4.90 Å². The minimum absolute atomic E-state index is 0.00712. The van der Waals surface area contributed by atoms with Gasteiger partial charge in [-0.15, -0.1) is 0 Å². The molecule has 0 spiro atoms. The molecule has 0 bridgehead atoms. The number of likely N-dealkylation sites (tertiary alicyclic amines) is 1. The Labute approximate surface area is 281 Å². The summed E-state index contributed by atoms with van der Waals surface area (Å²) in [5.74, 6) is -2.51. The minimum Gasteiger partial charge on any atom is -0.347 e. The van der Waals surface area contributed by atoms with Gasteiger partial charge in [-0.1, -0.05) is 66.7 Å². The van der Waals surface area contributed by atoms with Crippen molar-refractivity contribution < 1.29 is 32.4 Å². The molecule has 3 rings (SSSR count). The molecule has 1 heterocycles. The van der Waals surface area contributed by atoms with Crippen LogP contribution in [0, 0.1) is 11.3 Å². The fourth-order valence-electron chi connectivity index (χ4n) is 6.46. The van der Waals surface area contributed by atoms with Crippen LogP contribution < -0.4 is 21.3 Å². The molecule has 268 valence electrons. The van der Waals surface area contributed by atoms with Gasteiger partial charge in [-0.05, 0) is 70.6 Å². The number of Topliss-reactive ketones (excluding diaryl/α,β-unsaturated/α-hetero) is 1. The highest BCUT2D eigenvalue weighted by atomic mass is 32.2. The van der Waals surface area contributed by atoms with Gasteiger partial charge < -0.3 is 26.2 Å². The van der Waals surface area contributed by atoms with Gasteiger partial charge in [0.25, 0.3) is 5.91 Å². The Kier molecular flexibility index (Phi) is 12.6. The van der Waals surface area contributed by atoms with Crippen molar-refractivity contribution in [3.05, 3.63) is 0 Å². The van der Waals surface area contributed by atoms with Crippen LogP contribution in [0.25, 0.3) is 0 Å². The fraction of sp³-hybridized carbons (Fsp3) is 0.853. The number of hydrogen-bond acceptors (Lipinski definition) is 7. The molecule has 5 amide bonds. The van der Waals surface area contributed by atoms with Crippen molar-refractivity contribution in [3.8, 4) is 0 Å². The van der Waals surface area contributed by atoms with E-state index in [2.05, 4.69) is 21.3 Å². The maximum Gasteiger partial charge on any atom is 0.315 e. The van der Waals surface area contributed by atoms with Gasteiger partial charge in [-0.3, -0.25) is 19.2 Å². The van der Waals surface area contributed by atoms with Gasteiger partial charge >= 0.3 is 6.03 Å². The molecule has 3 fully saturated rings. The number of nitrogens with zero attached hydrogens (tertiary/aromatic N) is 1. The van der Waals surface area contributed by atoms with Crippen LogP contribution in [0.3, 0.4) is 0 Å². The van der Waals surface area contributed by atoms with E-state index in [1.54, 1.807) is 20.8 Å². The summed E-state index contributed by atoms with van der Waals surface area (Å²) in [4.78, 5) is 68.6. The molecule has 4 atom stereocenters. The predicted molar refractivity (Wildman–Crippen MR) is 181 cm³/mol. The van der Waals surface area contributed by atoms with Crippen molar-refractivity contribution >= 4 is 39.4 Å². The fourth-order valence-corrected chi connectivity index (χ4v) is 7.98. The van der Waals surface area contributed by atoms with Crippen molar-refractivity contribution in [2.24, 2.45) is 11.3 Å². The number of amides is 5. The molecule has 1 aliphatic heterocycles. The highest BCUT2D eigenvalue weighted by molar-refractivity contribution is 7.92. The molecule has 47 heavy (non-hydrogen) atoms. The van der Waals surface area contributed by atoms with Gasteiger partial charge in [0.15, 0.2) is 9.84 Å². The second kappa shape index (κ2) is 15.2. The Morgan fingerprint density at radius 1 is 0.936 bits per heavy atom. The van der Waals surface area contributed by atoms with E-state index in [4.69, 9.17) is 0 Å². The third-order valence-corrected chi connectivity index (χ3v) is 12.5. The first-order chi connectivity index (χ1) is 21.7. The number of urea groups is 1. The van der Waals surface area contributed by atoms with Crippen LogP contribution in [0.4, 0.5) is 4.79 Å². The van der Waals surface area contributed by atoms with Crippen LogP contribution in [-0.2, 0) is 29.0 Å². The molecular formula is C34H59N5O7S. The summed E-state index contributed by atoms with van der Waals surface area (Å²) < 4.78 is 25.5. The van der Waals surface area contributed by atoms with Gasteiger partial charge in [-0.2, -0.15) is 0 Å². The van der Waals surface area contributed by atoms with Crippen LogP contribution in [0.5, 0.6) is 0 Å². The average Bonchev–Trinajstić information content (AvgIpc) is 3.68. The zero-order chi connectivity index (χ0) is 35.4. The molecule has 3 aliphatic rings. The molecule has 0 aromatic rings. The average molecular weight is 682 g/mol. The first-order valence-electron chi connectivity index (χ1n) is 17.5. The Morgan fingerprint density at radius 2 is 1.55 bits per heavy atom. The molecule has 12 nitrogen and oxygen atoms in total. The van der Waals surface area contributed by atoms with Gasteiger partial charge in [0, 0.05) is 12.6 Å². The summed E-state index contributed by atoms with van der Waals surface area (Å²) in [5.41, 5.74) is -1.70. The largest absolute Gasteiger partial charge is 0.347 e. The van der Waals surface area contributed by atoms with Crippen molar-refractivity contribution in [1.82, 2.24) is 26.2 Å². The van der Waals surface area contributed by atoms with Crippen LogP contribution >= 0.6 is 0 Å². The second-order valence-electron chi connectivity index (χ2n) is 16.3. The van der Waals surface area contributed by atoms with E-state index in [1.807, 2.05) is 34.6 Å². The minimum atomic E-state index is -3.55. The molecule has 2 aliphatic carbocycles. The maximum atomic E-state index is 14.2. The predicted octanol–water partition coefficient (Wildman–Crippen LogP) is 3.38. The smallest absolute Gasteiger partial charge is 0.315 e. The molecule has 2 saturated carbocycles. The number of ketones is 1. The van der Waals surface area contributed by atoms with E-state index in [9.17, 15) is 32.4 Å². The van der Waals surface area contributed by atoms with Crippen molar-refractivity contribution in [2.75, 3.05) is 12.3 Å². The van der Waals surface area contributed by atoms with Crippen LogP contribution in [0.2, 0.25) is 0 Å². The molecular weight excluding hydrogens is 622 g/mol. The number of nitrogens with one attached hydrogen (secondary N) is 4. The molecule has 0 aromatic carbocycles. The summed E-state index contributed by atoms with van der Waals surface area (Å²) >= 11 is 0. The normalized spacial score (nSPS) is 22.9. The highest BCUT2D eigenvalue weighted by Crippen LogP contribution is 2.33. The monoisotopic (exact) mass is 681 g/mol. The Balaban J connectivity index is 1.79. The van der Waals surface area contributed by atoms with Crippen LogP contribution in [0.1, 0.15) is 126 Å². The first kappa shape index (κ1) is 38.7. The third kappa shape index (κ3) is 10.4. The molecule has 0 radical (unpaired) electrons. The summed E-state index contributed by atoms with van der Waals surface area (Å²) in [6.45, 7) is 14.6. The lowest BCUT2D eigenvalue weighted by molar-refractivity contribution is -0.144. The van der Waals surface area contributed by atoms with Gasteiger partial charge in [0.2, 0.25) is 17.6 Å². The SMILES string of the molecule is CCCC[C@@H](NC(=O)[C@@H]1C[C@@H](C)CN1C(=O)[C@@H](NC(=O)NC1(CS(=O)(=O)C(C)(C)C)CCCCC1)C(C)(C)C)C(=O)C(=O)NC1CC1. The lowest BCUT2D eigenvalue weighted by Crippen LogP contribution is -2.63. The van der Waals surface area contributed by atoms with Crippen molar-refractivity contribution in [1.29, 1.82) is 0 Å². The van der Waals surface area contributed by atoms with Gasteiger partial charge in [0.05, 0.1) is 22.1 Å². The van der Waals surface area contributed by atoms with Crippen LogP contribution in [-0.4, -0.2) is 89.6 Å². The molecule has 0 unspecified atom stereocenters.